The van der Waals surface area contributed by atoms with Crippen molar-refractivity contribution < 1.29 is 55.4 Å². The van der Waals surface area contributed by atoms with Crippen LogP contribution in [-0.2, 0) is 30.5 Å². The van der Waals surface area contributed by atoms with Gasteiger partial charge >= 0.3 is 21.1 Å². The minimum Gasteiger partial charge on any atom is -1.00 e. The Labute approximate surface area is 119 Å². The zero-order valence-electron chi connectivity index (χ0n) is 9.30. The molecule has 0 aliphatic rings. The number of nitrogens with one attached hydrogen (secondary N) is 2. The smallest absolute Gasteiger partial charge is 1.00 e. The van der Waals surface area contributed by atoms with Gasteiger partial charge in [-0.25, -0.2) is 0 Å². The summed E-state index contributed by atoms with van der Waals surface area (Å²) in [4.78, 5) is 0. The zero-order chi connectivity index (χ0) is 9.98. The van der Waals surface area contributed by atoms with Crippen molar-refractivity contribution in [3.8, 4) is 0 Å². The first-order valence-corrected chi connectivity index (χ1v) is 3.90. The Morgan fingerprint density at radius 3 is 1.07 bits per heavy atom. The largest absolute Gasteiger partial charge is 2.00 e. The summed E-state index contributed by atoms with van der Waals surface area (Å²) in [6, 6.07) is 0. The zero-order valence-corrected chi connectivity index (χ0v) is 13.1. The van der Waals surface area contributed by atoms with Gasteiger partial charge in [-0.1, -0.05) is 0 Å². The number of hydrogen-bond acceptors (Lipinski definition) is 4. The summed E-state index contributed by atoms with van der Waals surface area (Å²) < 4.78 is 9.25. The van der Waals surface area contributed by atoms with E-state index in [1.165, 1.54) is 0 Å². The molecule has 0 fully saturated rings. The van der Waals surface area contributed by atoms with Crippen molar-refractivity contribution in [2.24, 2.45) is 0 Å². The Morgan fingerprint density at radius 2 is 1.07 bits per heavy atom. The minimum atomic E-state index is 0. The molecule has 0 aromatic carbocycles. The molecule has 0 saturated heterocycles. The van der Waals surface area contributed by atoms with E-state index in [2.05, 4.69) is 9.47 Å². The summed E-state index contributed by atoms with van der Waals surface area (Å²) in [5, 5.41) is 13.3. The Balaban J connectivity index is -0.0000000370. The number of ether oxygens (including phenoxy) is 2. The van der Waals surface area contributed by atoms with Crippen LogP contribution >= 0.6 is 0 Å². The maximum Gasteiger partial charge on any atom is 2.00 e. The standard InChI is InChI=1S/2C4H9NO.2ClH.Pt/c2*1-3-6-4(2)5;;;/h2*5H,3H2,1-2H3;2*1H;/q;;;;+2/p-2. The molecule has 0 bridgehead atoms. The third-order valence-corrected chi connectivity index (χ3v) is 0.722. The SMILES string of the molecule is CCOC(C)=N.CCOC(C)=N.[Cl-].[Cl-].[Pt+2]. The predicted octanol–water partition coefficient (Wildman–Crippen LogP) is -3.95. The third kappa shape index (κ3) is 54.9. The molecule has 0 rings (SSSR count). The average molecular weight is 440 g/mol. The van der Waals surface area contributed by atoms with Crippen molar-refractivity contribution in [2.45, 2.75) is 27.7 Å². The van der Waals surface area contributed by atoms with E-state index in [0.717, 1.165) is 0 Å². The van der Waals surface area contributed by atoms with Gasteiger partial charge in [0.05, 0.1) is 13.2 Å². The minimum absolute atomic E-state index is 0. The topological polar surface area (TPSA) is 66.2 Å². The van der Waals surface area contributed by atoms with E-state index >= 15 is 0 Å². The van der Waals surface area contributed by atoms with Crippen molar-refractivity contribution >= 4 is 11.8 Å². The van der Waals surface area contributed by atoms with Crippen LogP contribution in [0.15, 0.2) is 0 Å². The number of halogens is 2. The summed E-state index contributed by atoms with van der Waals surface area (Å²) >= 11 is 0. The molecule has 0 aromatic rings. The second-order valence-corrected chi connectivity index (χ2v) is 1.98. The van der Waals surface area contributed by atoms with Gasteiger partial charge in [0, 0.05) is 13.8 Å². The van der Waals surface area contributed by atoms with E-state index in [9.17, 15) is 0 Å². The second kappa shape index (κ2) is 23.8. The van der Waals surface area contributed by atoms with Crippen LogP contribution in [0.5, 0.6) is 0 Å². The molecule has 15 heavy (non-hydrogen) atoms. The van der Waals surface area contributed by atoms with Crippen molar-refractivity contribution in [3.63, 3.8) is 0 Å². The molecule has 0 radical (unpaired) electrons. The van der Waals surface area contributed by atoms with E-state index in [0.29, 0.717) is 13.2 Å². The normalized spacial score (nSPS) is 6.13. The molecule has 7 heteroatoms. The molecule has 2 N–H and O–H groups in total. The van der Waals surface area contributed by atoms with Gasteiger partial charge in [-0.2, -0.15) is 0 Å². The van der Waals surface area contributed by atoms with Gasteiger partial charge in [0.25, 0.3) is 0 Å². The van der Waals surface area contributed by atoms with E-state index < -0.39 is 0 Å². The van der Waals surface area contributed by atoms with Gasteiger partial charge in [0.15, 0.2) is 11.8 Å². The van der Waals surface area contributed by atoms with Crippen LogP contribution in [0, 0.1) is 10.8 Å². The van der Waals surface area contributed by atoms with Gasteiger partial charge in [0.1, 0.15) is 0 Å². The van der Waals surface area contributed by atoms with Crippen molar-refractivity contribution in [2.75, 3.05) is 13.2 Å². The monoisotopic (exact) mass is 439 g/mol. The maximum atomic E-state index is 6.67. The summed E-state index contributed by atoms with van der Waals surface area (Å²) in [7, 11) is 0. The Kier molecular flexibility index (Phi) is 46.7. The second-order valence-electron chi connectivity index (χ2n) is 1.98. The molecule has 0 aliphatic heterocycles. The molecule has 96 valence electrons. The molecule has 0 unspecified atom stereocenters. The van der Waals surface area contributed by atoms with Crippen LogP contribution in [0.3, 0.4) is 0 Å². The molecule has 0 amide bonds. The Morgan fingerprint density at radius 1 is 0.867 bits per heavy atom. The Hall–Kier alpha value is 0.208. The van der Waals surface area contributed by atoms with Gasteiger partial charge in [-0.15, -0.1) is 0 Å². The van der Waals surface area contributed by atoms with Crippen LogP contribution in [0.2, 0.25) is 0 Å². The van der Waals surface area contributed by atoms with E-state index in [1.54, 1.807) is 13.8 Å². The van der Waals surface area contributed by atoms with Crippen LogP contribution in [0.4, 0.5) is 0 Å². The van der Waals surface area contributed by atoms with Crippen LogP contribution in [0.1, 0.15) is 27.7 Å². The average Bonchev–Trinajstić information content (AvgIpc) is 1.87. The van der Waals surface area contributed by atoms with Gasteiger partial charge in [-0.05, 0) is 13.8 Å². The van der Waals surface area contributed by atoms with E-state index in [4.69, 9.17) is 10.8 Å². The number of hydrogen-bond donors (Lipinski definition) is 2. The molecule has 0 atom stereocenters. The molecular formula is C8H18Cl2N2O2Pt. The molecule has 0 heterocycles. The number of rotatable bonds is 2. The van der Waals surface area contributed by atoms with Gasteiger partial charge in [-0.3, -0.25) is 10.8 Å². The summed E-state index contributed by atoms with van der Waals surface area (Å²) in [5.74, 6) is 0.579. The fourth-order valence-corrected chi connectivity index (χ4v) is 0.433. The molecule has 0 aliphatic carbocycles. The van der Waals surface area contributed by atoms with Crippen LogP contribution < -0.4 is 24.8 Å². The summed E-state index contributed by atoms with van der Waals surface area (Å²) in [5.41, 5.74) is 0. The summed E-state index contributed by atoms with van der Waals surface area (Å²) in [6.45, 7) is 8.16. The molecule has 0 aromatic heterocycles. The van der Waals surface area contributed by atoms with Crippen LogP contribution in [0.25, 0.3) is 0 Å². The van der Waals surface area contributed by atoms with E-state index in [-0.39, 0.29) is 57.7 Å². The first-order chi connectivity index (χ1) is 5.54. The van der Waals surface area contributed by atoms with Gasteiger partial charge in [0.2, 0.25) is 0 Å². The first kappa shape index (κ1) is 29.5. The van der Waals surface area contributed by atoms with Crippen molar-refractivity contribution in [1.82, 2.24) is 0 Å². The molecule has 0 saturated carbocycles. The van der Waals surface area contributed by atoms with Crippen LogP contribution in [-0.4, -0.2) is 25.0 Å². The van der Waals surface area contributed by atoms with Crippen molar-refractivity contribution in [1.29, 1.82) is 10.8 Å². The van der Waals surface area contributed by atoms with Crippen molar-refractivity contribution in [3.05, 3.63) is 0 Å². The molecular weight excluding hydrogens is 422 g/mol. The molecule has 0 spiro atoms. The fraction of sp³-hybridized carbons (Fsp3) is 0.750. The summed E-state index contributed by atoms with van der Waals surface area (Å²) in [6.07, 6.45) is 0. The third-order valence-electron chi connectivity index (χ3n) is 0.722. The quantitative estimate of drug-likeness (QED) is 0.340. The maximum absolute atomic E-state index is 6.67. The van der Waals surface area contributed by atoms with E-state index in [1.807, 2.05) is 13.8 Å². The fourth-order valence-electron chi connectivity index (χ4n) is 0.433. The predicted molar refractivity (Wildman–Crippen MR) is 50.1 cm³/mol. The molecule has 4 nitrogen and oxygen atoms in total. The van der Waals surface area contributed by atoms with Gasteiger partial charge < -0.3 is 34.3 Å². The Bertz CT molecular complexity index is 133. The first-order valence-electron chi connectivity index (χ1n) is 3.90.